The summed E-state index contributed by atoms with van der Waals surface area (Å²) in [7, 11) is 1.72. The van der Waals surface area contributed by atoms with Gasteiger partial charge in [-0.05, 0) is 34.1 Å². The summed E-state index contributed by atoms with van der Waals surface area (Å²) in [5, 5.41) is 0. The first kappa shape index (κ1) is 12.9. The van der Waals surface area contributed by atoms with Crippen molar-refractivity contribution in [1.82, 2.24) is 0 Å². The molecule has 0 aliphatic rings. The lowest BCUT2D eigenvalue weighted by Crippen LogP contribution is -2.36. The molecule has 80 valence electrons. The quantitative estimate of drug-likeness (QED) is 0.689. The summed E-state index contributed by atoms with van der Waals surface area (Å²) in [5.41, 5.74) is 5.21. The van der Waals surface area contributed by atoms with Gasteiger partial charge in [0.05, 0.1) is 17.8 Å². The molecule has 0 unspecified atom stereocenters. The first-order chi connectivity index (χ1) is 5.83. The zero-order valence-corrected chi connectivity index (χ0v) is 9.52. The second-order valence-corrected chi connectivity index (χ2v) is 4.53. The zero-order valence-electron chi connectivity index (χ0n) is 9.52. The van der Waals surface area contributed by atoms with Crippen molar-refractivity contribution in [3.05, 3.63) is 0 Å². The Balaban J connectivity index is 3.68. The number of nitrogens with two attached hydrogens (primary N) is 1. The Hall–Kier alpha value is -0.120. The molecular formula is C10H23NO2. The van der Waals surface area contributed by atoms with Crippen molar-refractivity contribution >= 4 is 0 Å². The number of ether oxygens (including phenoxy) is 2. The van der Waals surface area contributed by atoms with Crippen molar-refractivity contribution < 1.29 is 9.47 Å². The molecule has 0 bridgehead atoms. The van der Waals surface area contributed by atoms with E-state index in [0.717, 1.165) is 6.42 Å². The molecule has 0 rings (SSSR count). The van der Waals surface area contributed by atoms with E-state index in [9.17, 15) is 0 Å². The molecule has 0 aliphatic heterocycles. The van der Waals surface area contributed by atoms with E-state index in [1.807, 2.05) is 27.7 Å². The molecule has 13 heavy (non-hydrogen) atoms. The minimum atomic E-state index is -0.218. The lowest BCUT2D eigenvalue weighted by molar-refractivity contribution is -0.0538. The van der Waals surface area contributed by atoms with E-state index in [0.29, 0.717) is 13.2 Å². The van der Waals surface area contributed by atoms with E-state index in [1.165, 1.54) is 0 Å². The second kappa shape index (κ2) is 4.94. The fraction of sp³-hybridized carbons (Fsp3) is 1.00. The fourth-order valence-electron chi connectivity index (χ4n) is 0.734. The highest BCUT2D eigenvalue weighted by molar-refractivity contribution is 4.71. The van der Waals surface area contributed by atoms with E-state index in [4.69, 9.17) is 15.2 Å². The van der Waals surface area contributed by atoms with Crippen LogP contribution in [0.1, 0.15) is 34.1 Å². The van der Waals surface area contributed by atoms with Crippen molar-refractivity contribution in [3.8, 4) is 0 Å². The SMILES string of the molecule is COC(C)(C)CCOC(C)(C)CN. The summed E-state index contributed by atoms with van der Waals surface area (Å²) in [5.74, 6) is 0. The van der Waals surface area contributed by atoms with E-state index >= 15 is 0 Å². The van der Waals surface area contributed by atoms with Gasteiger partial charge in [0.15, 0.2) is 0 Å². The van der Waals surface area contributed by atoms with Crippen LogP contribution in [0, 0.1) is 0 Å². The van der Waals surface area contributed by atoms with Crippen molar-refractivity contribution in [2.24, 2.45) is 5.73 Å². The Bertz CT molecular complexity index is 128. The summed E-state index contributed by atoms with van der Waals surface area (Å²) < 4.78 is 10.9. The number of methoxy groups -OCH3 is 1. The predicted octanol–water partition coefficient (Wildman–Crippen LogP) is 1.56. The molecule has 3 nitrogen and oxygen atoms in total. The lowest BCUT2D eigenvalue weighted by atomic mass is 10.1. The average molecular weight is 189 g/mol. The summed E-state index contributed by atoms with van der Waals surface area (Å²) in [4.78, 5) is 0. The summed E-state index contributed by atoms with van der Waals surface area (Å²) in [6, 6.07) is 0. The van der Waals surface area contributed by atoms with Gasteiger partial charge in [0.1, 0.15) is 0 Å². The molecule has 0 aromatic carbocycles. The van der Waals surface area contributed by atoms with Crippen molar-refractivity contribution in [3.63, 3.8) is 0 Å². The van der Waals surface area contributed by atoms with Crippen LogP contribution in [0.25, 0.3) is 0 Å². The van der Waals surface area contributed by atoms with Crippen LogP contribution >= 0.6 is 0 Å². The van der Waals surface area contributed by atoms with Gasteiger partial charge in [-0.1, -0.05) is 0 Å². The predicted molar refractivity (Wildman–Crippen MR) is 54.8 cm³/mol. The molecule has 0 amide bonds. The molecule has 3 heteroatoms. The number of rotatable bonds is 6. The maximum atomic E-state index is 5.61. The lowest BCUT2D eigenvalue weighted by Gasteiger charge is -2.27. The highest BCUT2D eigenvalue weighted by Gasteiger charge is 2.20. The molecule has 0 spiro atoms. The van der Waals surface area contributed by atoms with Gasteiger partial charge in [-0.15, -0.1) is 0 Å². The van der Waals surface area contributed by atoms with Gasteiger partial charge in [0, 0.05) is 13.7 Å². The normalized spacial score (nSPS) is 13.4. The Morgan fingerprint density at radius 2 is 1.62 bits per heavy atom. The smallest absolute Gasteiger partial charge is 0.0748 e. The van der Waals surface area contributed by atoms with Gasteiger partial charge in [0.25, 0.3) is 0 Å². The maximum absolute atomic E-state index is 5.61. The zero-order chi connectivity index (χ0) is 10.5. The minimum absolute atomic E-state index is 0.106. The molecule has 0 aliphatic carbocycles. The maximum Gasteiger partial charge on any atom is 0.0748 e. The van der Waals surface area contributed by atoms with Gasteiger partial charge in [0.2, 0.25) is 0 Å². The third-order valence-corrected chi connectivity index (χ3v) is 2.24. The molecule has 0 aromatic rings. The Morgan fingerprint density at radius 3 is 2.00 bits per heavy atom. The topological polar surface area (TPSA) is 44.5 Å². The highest BCUT2D eigenvalue weighted by atomic mass is 16.5. The van der Waals surface area contributed by atoms with E-state index in [2.05, 4.69) is 0 Å². The van der Waals surface area contributed by atoms with Gasteiger partial charge >= 0.3 is 0 Å². The van der Waals surface area contributed by atoms with Crippen molar-refractivity contribution in [2.45, 2.75) is 45.3 Å². The van der Waals surface area contributed by atoms with Crippen LogP contribution in [0.5, 0.6) is 0 Å². The van der Waals surface area contributed by atoms with Crippen molar-refractivity contribution in [1.29, 1.82) is 0 Å². The van der Waals surface area contributed by atoms with Gasteiger partial charge in [-0.25, -0.2) is 0 Å². The Kier molecular flexibility index (Phi) is 4.89. The van der Waals surface area contributed by atoms with E-state index in [-0.39, 0.29) is 11.2 Å². The molecule has 0 aromatic heterocycles. The van der Waals surface area contributed by atoms with Crippen LogP contribution in [0.15, 0.2) is 0 Å². The molecule has 0 saturated heterocycles. The van der Waals surface area contributed by atoms with Gasteiger partial charge in [-0.3, -0.25) is 0 Å². The number of hydrogen-bond acceptors (Lipinski definition) is 3. The highest BCUT2D eigenvalue weighted by Crippen LogP contribution is 2.15. The van der Waals surface area contributed by atoms with Crippen LogP contribution < -0.4 is 5.73 Å². The largest absolute Gasteiger partial charge is 0.379 e. The molecule has 0 fully saturated rings. The van der Waals surface area contributed by atoms with Crippen molar-refractivity contribution in [2.75, 3.05) is 20.3 Å². The molecule has 0 saturated carbocycles. The Morgan fingerprint density at radius 1 is 1.08 bits per heavy atom. The van der Waals surface area contributed by atoms with Crippen LogP contribution in [0.2, 0.25) is 0 Å². The average Bonchev–Trinajstić information content (AvgIpc) is 2.04. The molecule has 2 N–H and O–H groups in total. The minimum Gasteiger partial charge on any atom is -0.379 e. The summed E-state index contributed by atoms with van der Waals surface area (Å²) in [6.45, 7) is 9.31. The first-order valence-corrected chi connectivity index (χ1v) is 4.72. The molecule has 0 atom stereocenters. The van der Waals surface area contributed by atoms with Crippen LogP contribution in [-0.4, -0.2) is 31.5 Å². The number of hydrogen-bond donors (Lipinski definition) is 1. The standard InChI is InChI=1S/C10H23NO2/c1-9(2,12-5)6-7-13-10(3,4)8-11/h6-8,11H2,1-5H3. The molecular weight excluding hydrogens is 166 g/mol. The first-order valence-electron chi connectivity index (χ1n) is 4.72. The van der Waals surface area contributed by atoms with Crippen LogP contribution in [-0.2, 0) is 9.47 Å². The summed E-state index contributed by atoms with van der Waals surface area (Å²) in [6.07, 6.45) is 0.882. The Labute approximate surface area is 81.6 Å². The monoisotopic (exact) mass is 189 g/mol. The van der Waals surface area contributed by atoms with E-state index in [1.54, 1.807) is 7.11 Å². The van der Waals surface area contributed by atoms with Crippen LogP contribution in [0.4, 0.5) is 0 Å². The van der Waals surface area contributed by atoms with Gasteiger partial charge in [-0.2, -0.15) is 0 Å². The second-order valence-electron chi connectivity index (χ2n) is 4.53. The molecule has 0 heterocycles. The third-order valence-electron chi connectivity index (χ3n) is 2.24. The van der Waals surface area contributed by atoms with Crippen LogP contribution in [0.3, 0.4) is 0 Å². The molecule has 0 radical (unpaired) electrons. The van der Waals surface area contributed by atoms with Gasteiger partial charge < -0.3 is 15.2 Å². The van der Waals surface area contributed by atoms with E-state index < -0.39 is 0 Å². The fourth-order valence-corrected chi connectivity index (χ4v) is 0.734. The summed E-state index contributed by atoms with van der Waals surface area (Å²) >= 11 is 0. The third kappa shape index (κ3) is 6.02.